The van der Waals surface area contributed by atoms with Gasteiger partial charge in [0, 0.05) is 62.0 Å². The number of hydrogen-bond donors (Lipinski definition) is 2. The second-order valence-corrected chi connectivity index (χ2v) is 10.5. The molecule has 2 aromatic rings. The minimum atomic E-state index is 0.0651. The highest BCUT2D eigenvalue weighted by Crippen LogP contribution is 2.45. The lowest BCUT2D eigenvalue weighted by molar-refractivity contribution is 0.0358. The average Bonchev–Trinajstić information content (AvgIpc) is 3.25. The Bertz CT molecular complexity index is 1100. The molecule has 1 aromatic carbocycles. The first-order valence-corrected chi connectivity index (χ1v) is 13.4. The molecule has 2 N–H and O–H groups in total. The number of rotatable bonds is 6. The van der Waals surface area contributed by atoms with E-state index in [4.69, 9.17) is 14.5 Å². The van der Waals surface area contributed by atoms with Crippen LogP contribution in [0.25, 0.3) is 0 Å². The Balaban J connectivity index is 1.06. The van der Waals surface area contributed by atoms with Gasteiger partial charge < -0.3 is 19.7 Å². The van der Waals surface area contributed by atoms with Crippen LogP contribution in [0.15, 0.2) is 23.0 Å². The summed E-state index contributed by atoms with van der Waals surface area (Å²) >= 11 is 0. The number of ether oxygens (including phenoxy) is 2. The van der Waals surface area contributed by atoms with E-state index in [1.54, 1.807) is 0 Å². The summed E-state index contributed by atoms with van der Waals surface area (Å²) in [5.41, 5.74) is 4.75. The molecule has 4 aliphatic rings. The third kappa shape index (κ3) is 4.66. The third-order valence-corrected chi connectivity index (χ3v) is 8.37. The number of aryl methyl sites for hydroxylation is 1. The summed E-state index contributed by atoms with van der Waals surface area (Å²) in [4.78, 5) is 25.2. The molecular formula is C27H37N5O3. The molecule has 4 heterocycles. The van der Waals surface area contributed by atoms with Crippen molar-refractivity contribution in [1.29, 1.82) is 0 Å². The van der Waals surface area contributed by atoms with Crippen molar-refractivity contribution in [2.24, 2.45) is 0 Å². The van der Waals surface area contributed by atoms with Crippen LogP contribution in [-0.2, 0) is 23.0 Å². The van der Waals surface area contributed by atoms with Gasteiger partial charge in [0.25, 0.3) is 5.56 Å². The van der Waals surface area contributed by atoms with Crippen molar-refractivity contribution in [3.63, 3.8) is 0 Å². The molecule has 188 valence electrons. The lowest BCUT2D eigenvalue weighted by Crippen LogP contribution is -2.45. The standard InChI is InChI=1S/C27H37N5O3/c33-25-21-4-1-2-5-23(21)29-26(30-25)32-11-8-27(9-12-32)19-28-24-18-20(6-7-22(24)27)35-15-3-10-31-13-16-34-17-14-31/h6-7,18,28H,1-5,8-17,19H2,(H,29,30,33). The third-order valence-electron chi connectivity index (χ3n) is 8.37. The van der Waals surface area contributed by atoms with Crippen molar-refractivity contribution in [1.82, 2.24) is 14.9 Å². The minimum Gasteiger partial charge on any atom is -0.493 e. The monoisotopic (exact) mass is 479 g/mol. The molecule has 0 bridgehead atoms. The van der Waals surface area contributed by atoms with Crippen LogP contribution >= 0.6 is 0 Å². The van der Waals surface area contributed by atoms with E-state index in [1.165, 1.54) is 11.3 Å². The first kappa shape index (κ1) is 22.9. The molecule has 0 atom stereocenters. The van der Waals surface area contributed by atoms with E-state index in [0.717, 1.165) is 127 Å². The SMILES string of the molecule is O=c1[nH]c(N2CCC3(CC2)CNc2cc(OCCCN4CCOCC4)ccc23)nc2c1CCCC2. The number of anilines is 2. The fraction of sp³-hybridized carbons (Fsp3) is 0.630. The minimum absolute atomic E-state index is 0.0651. The largest absolute Gasteiger partial charge is 0.493 e. The Hall–Kier alpha value is -2.58. The summed E-state index contributed by atoms with van der Waals surface area (Å²) in [6.07, 6.45) is 7.15. The Morgan fingerprint density at radius 2 is 1.91 bits per heavy atom. The quantitative estimate of drug-likeness (QED) is 0.617. The van der Waals surface area contributed by atoms with Gasteiger partial charge in [0.15, 0.2) is 0 Å². The second-order valence-electron chi connectivity index (χ2n) is 10.5. The predicted molar refractivity (Wildman–Crippen MR) is 137 cm³/mol. The van der Waals surface area contributed by atoms with E-state index < -0.39 is 0 Å². The number of nitrogens with one attached hydrogen (secondary N) is 2. The van der Waals surface area contributed by atoms with Crippen molar-refractivity contribution < 1.29 is 9.47 Å². The number of H-pyrrole nitrogens is 1. The number of hydrogen-bond acceptors (Lipinski definition) is 7. The molecule has 3 aliphatic heterocycles. The molecule has 35 heavy (non-hydrogen) atoms. The fourth-order valence-electron chi connectivity index (χ4n) is 6.22. The van der Waals surface area contributed by atoms with Gasteiger partial charge in [-0.25, -0.2) is 4.98 Å². The van der Waals surface area contributed by atoms with Gasteiger partial charge in [-0.3, -0.25) is 14.7 Å². The number of fused-ring (bicyclic) bond motifs is 3. The van der Waals surface area contributed by atoms with Gasteiger partial charge in [-0.05, 0) is 56.6 Å². The molecule has 0 radical (unpaired) electrons. The van der Waals surface area contributed by atoms with Crippen molar-refractivity contribution in [2.45, 2.75) is 50.4 Å². The van der Waals surface area contributed by atoms with Crippen LogP contribution in [0.5, 0.6) is 5.75 Å². The van der Waals surface area contributed by atoms with Gasteiger partial charge in [-0.1, -0.05) is 6.07 Å². The van der Waals surface area contributed by atoms with Crippen molar-refractivity contribution >= 4 is 11.6 Å². The van der Waals surface area contributed by atoms with Crippen LogP contribution in [0.2, 0.25) is 0 Å². The van der Waals surface area contributed by atoms with Crippen LogP contribution in [0, 0.1) is 0 Å². The van der Waals surface area contributed by atoms with Crippen LogP contribution in [0.1, 0.15) is 48.9 Å². The van der Waals surface area contributed by atoms with Crippen LogP contribution in [0.3, 0.4) is 0 Å². The zero-order chi connectivity index (χ0) is 23.7. The van der Waals surface area contributed by atoms with Gasteiger partial charge in [0.2, 0.25) is 5.95 Å². The van der Waals surface area contributed by atoms with E-state index in [-0.39, 0.29) is 11.0 Å². The van der Waals surface area contributed by atoms with Crippen molar-refractivity contribution in [3.05, 3.63) is 45.4 Å². The highest BCUT2D eigenvalue weighted by atomic mass is 16.5. The Kier molecular flexibility index (Phi) is 6.41. The molecule has 1 spiro atoms. The molecule has 8 nitrogen and oxygen atoms in total. The predicted octanol–water partition coefficient (Wildman–Crippen LogP) is 2.71. The molecule has 0 amide bonds. The molecule has 0 unspecified atom stereocenters. The number of morpholine rings is 1. The zero-order valence-electron chi connectivity index (χ0n) is 20.6. The van der Waals surface area contributed by atoms with E-state index in [2.05, 4.69) is 38.3 Å². The summed E-state index contributed by atoms with van der Waals surface area (Å²) in [6.45, 7) is 8.33. The maximum Gasteiger partial charge on any atom is 0.255 e. The molecular weight excluding hydrogens is 442 g/mol. The number of benzene rings is 1. The highest BCUT2D eigenvalue weighted by Gasteiger charge is 2.42. The van der Waals surface area contributed by atoms with E-state index in [0.29, 0.717) is 0 Å². The van der Waals surface area contributed by atoms with Gasteiger partial charge in [0.05, 0.1) is 25.5 Å². The average molecular weight is 480 g/mol. The fourth-order valence-corrected chi connectivity index (χ4v) is 6.22. The molecule has 6 rings (SSSR count). The summed E-state index contributed by atoms with van der Waals surface area (Å²) in [6, 6.07) is 6.58. The number of aromatic nitrogens is 2. The van der Waals surface area contributed by atoms with Gasteiger partial charge in [0.1, 0.15) is 5.75 Å². The number of piperidine rings is 1. The lowest BCUT2D eigenvalue weighted by atomic mass is 9.74. The summed E-state index contributed by atoms with van der Waals surface area (Å²) in [5.74, 6) is 1.71. The Morgan fingerprint density at radius 3 is 2.77 bits per heavy atom. The smallest absolute Gasteiger partial charge is 0.255 e. The molecule has 2 fully saturated rings. The molecule has 1 aromatic heterocycles. The molecule has 8 heteroatoms. The van der Waals surface area contributed by atoms with Crippen LogP contribution in [-0.4, -0.2) is 74.0 Å². The number of aromatic amines is 1. The first-order chi connectivity index (χ1) is 17.2. The zero-order valence-corrected chi connectivity index (χ0v) is 20.6. The second kappa shape index (κ2) is 9.82. The Labute approximate surface area is 207 Å². The lowest BCUT2D eigenvalue weighted by Gasteiger charge is -2.39. The maximum absolute atomic E-state index is 12.6. The molecule has 1 aliphatic carbocycles. The number of nitrogens with zero attached hydrogens (tertiary/aromatic N) is 3. The van der Waals surface area contributed by atoms with E-state index in [9.17, 15) is 4.79 Å². The normalized spacial score (nSPS) is 21.4. The topological polar surface area (TPSA) is 82.7 Å². The van der Waals surface area contributed by atoms with Crippen LogP contribution < -0.4 is 20.5 Å². The van der Waals surface area contributed by atoms with Crippen LogP contribution in [0.4, 0.5) is 11.6 Å². The highest BCUT2D eigenvalue weighted by molar-refractivity contribution is 5.63. The van der Waals surface area contributed by atoms with Crippen molar-refractivity contribution in [3.8, 4) is 5.75 Å². The molecule has 2 saturated heterocycles. The summed E-state index contributed by atoms with van der Waals surface area (Å²) in [7, 11) is 0. The van der Waals surface area contributed by atoms with Gasteiger partial charge in [-0.2, -0.15) is 0 Å². The van der Waals surface area contributed by atoms with E-state index in [1.807, 2.05) is 0 Å². The first-order valence-electron chi connectivity index (χ1n) is 13.4. The Morgan fingerprint density at radius 1 is 1.09 bits per heavy atom. The van der Waals surface area contributed by atoms with Gasteiger partial charge in [-0.15, -0.1) is 0 Å². The molecule has 0 saturated carbocycles. The maximum atomic E-state index is 12.6. The van der Waals surface area contributed by atoms with E-state index >= 15 is 0 Å². The van der Waals surface area contributed by atoms with Crippen molar-refractivity contribution in [2.75, 3.05) is 69.3 Å². The summed E-state index contributed by atoms with van der Waals surface area (Å²) in [5, 5.41) is 3.65. The summed E-state index contributed by atoms with van der Waals surface area (Å²) < 4.78 is 11.5. The van der Waals surface area contributed by atoms with Gasteiger partial charge >= 0.3 is 0 Å².